The van der Waals surface area contributed by atoms with E-state index in [2.05, 4.69) is 4.98 Å². The van der Waals surface area contributed by atoms with Crippen LogP contribution in [0.15, 0.2) is 48.8 Å². The van der Waals surface area contributed by atoms with Gasteiger partial charge in [-0.05, 0) is 23.3 Å². The number of carbonyl (C=O) groups is 3. The summed E-state index contributed by atoms with van der Waals surface area (Å²) < 4.78 is 0. The van der Waals surface area contributed by atoms with Crippen LogP contribution in [0.25, 0.3) is 0 Å². The summed E-state index contributed by atoms with van der Waals surface area (Å²) in [5.74, 6) is -2.08. The molecule has 1 aromatic heterocycles. The highest BCUT2D eigenvalue weighted by Gasteiger charge is 2.62. The predicted octanol–water partition coefficient (Wildman–Crippen LogP) is 2.04. The number of anilines is 1. The van der Waals surface area contributed by atoms with Gasteiger partial charge in [0.1, 0.15) is 5.78 Å². The number of fused-ring (bicyclic) bond motifs is 1. The van der Waals surface area contributed by atoms with Gasteiger partial charge in [-0.2, -0.15) is 0 Å². The highest BCUT2D eigenvalue weighted by atomic mass is 16.2. The number of benzene rings is 1. The van der Waals surface area contributed by atoms with Crippen LogP contribution in [0.5, 0.6) is 0 Å². The zero-order valence-electron chi connectivity index (χ0n) is 12.8. The zero-order valence-corrected chi connectivity index (χ0v) is 12.8. The molecule has 1 saturated heterocycles. The van der Waals surface area contributed by atoms with Crippen molar-refractivity contribution in [2.75, 3.05) is 4.90 Å². The van der Waals surface area contributed by atoms with E-state index in [1.54, 1.807) is 18.3 Å². The van der Waals surface area contributed by atoms with Crippen molar-refractivity contribution in [2.45, 2.75) is 18.3 Å². The van der Waals surface area contributed by atoms with Crippen molar-refractivity contribution in [3.05, 3.63) is 59.9 Å². The van der Waals surface area contributed by atoms with Crippen molar-refractivity contribution in [2.24, 2.45) is 11.8 Å². The standard InChI is InChI=1S/C19H14N2O3/c22-14-8-13-11-5-1-2-6-12(11)15(14)17-16(13)18(23)21(19(17)24)10-4-3-7-20-9-10/h1-7,9,13,15-17H,8H2/t13-,15+,16-,17-/m1/s1. The maximum atomic E-state index is 13.0. The average molecular weight is 318 g/mol. The minimum absolute atomic E-state index is 0.0779. The Balaban J connectivity index is 1.68. The third-order valence-electron chi connectivity index (χ3n) is 5.59. The number of aromatic nitrogens is 1. The number of amides is 2. The molecule has 2 amide bonds. The molecule has 6 rings (SSSR count). The summed E-state index contributed by atoms with van der Waals surface area (Å²) in [6.45, 7) is 0. The molecule has 5 nitrogen and oxygen atoms in total. The molecule has 1 aromatic carbocycles. The number of hydrogen-bond acceptors (Lipinski definition) is 4. The quantitative estimate of drug-likeness (QED) is 0.755. The van der Waals surface area contributed by atoms with Crippen molar-refractivity contribution < 1.29 is 14.4 Å². The van der Waals surface area contributed by atoms with Gasteiger partial charge in [0.05, 0.1) is 29.6 Å². The van der Waals surface area contributed by atoms with E-state index in [0.29, 0.717) is 12.1 Å². The monoisotopic (exact) mass is 318 g/mol. The van der Waals surface area contributed by atoms with Crippen LogP contribution in [0, 0.1) is 11.8 Å². The summed E-state index contributed by atoms with van der Waals surface area (Å²) in [6.07, 6.45) is 3.47. The number of imide groups is 1. The van der Waals surface area contributed by atoms with E-state index in [4.69, 9.17) is 0 Å². The summed E-state index contributed by atoms with van der Waals surface area (Å²) in [5, 5.41) is 0. The van der Waals surface area contributed by atoms with E-state index in [1.807, 2.05) is 24.3 Å². The normalized spacial score (nSPS) is 30.5. The fourth-order valence-corrected chi connectivity index (χ4v) is 4.70. The van der Waals surface area contributed by atoms with Crippen LogP contribution in [0.3, 0.4) is 0 Å². The molecule has 3 aliphatic carbocycles. The Morgan fingerprint density at radius 3 is 2.42 bits per heavy atom. The molecule has 1 aliphatic heterocycles. The molecule has 4 atom stereocenters. The molecule has 24 heavy (non-hydrogen) atoms. The van der Waals surface area contributed by atoms with Crippen molar-refractivity contribution >= 4 is 23.3 Å². The van der Waals surface area contributed by atoms with Crippen LogP contribution in [-0.4, -0.2) is 22.6 Å². The lowest BCUT2D eigenvalue weighted by molar-refractivity contribution is -0.134. The fraction of sp³-hybridized carbons (Fsp3) is 0.263. The van der Waals surface area contributed by atoms with Gasteiger partial charge in [-0.3, -0.25) is 19.4 Å². The minimum atomic E-state index is -0.571. The van der Waals surface area contributed by atoms with Crippen LogP contribution >= 0.6 is 0 Å². The SMILES string of the molecule is O=C1C[C@@H]2c3ccccc3[C@@H]1[C@H]1C(=O)N(c3cccnc3)C(=O)[C@@H]12. The van der Waals surface area contributed by atoms with Gasteiger partial charge < -0.3 is 0 Å². The summed E-state index contributed by atoms with van der Waals surface area (Å²) in [6, 6.07) is 11.1. The predicted molar refractivity (Wildman–Crippen MR) is 85.3 cm³/mol. The fourth-order valence-electron chi connectivity index (χ4n) is 4.70. The Hall–Kier alpha value is -2.82. The van der Waals surface area contributed by atoms with Crippen molar-refractivity contribution in [3.8, 4) is 0 Å². The number of hydrogen-bond donors (Lipinski definition) is 0. The third-order valence-corrected chi connectivity index (χ3v) is 5.59. The van der Waals surface area contributed by atoms with E-state index in [9.17, 15) is 14.4 Å². The lowest BCUT2D eigenvalue weighted by Crippen LogP contribution is -2.44. The van der Waals surface area contributed by atoms with Gasteiger partial charge in [0.25, 0.3) is 0 Å². The first-order valence-electron chi connectivity index (χ1n) is 8.08. The largest absolute Gasteiger partial charge is 0.299 e. The van der Waals surface area contributed by atoms with E-state index in [1.165, 1.54) is 11.1 Å². The Bertz CT molecular complexity index is 892. The van der Waals surface area contributed by atoms with Crippen molar-refractivity contribution in [3.63, 3.8) is 0 Å². The highest BCUT2D eigenvalue weighted by Crippen LogP contribution is 2.57. The highest BCUT2D eigenvalue weighted by molar-refractivity contribution is 6.24. The van der Waals surface area contributed by atoms with E-state index in [-0.39, 0.29) is 23.5 Å². The Morgan fingerprint density at radius 2 is 1.67 bits per heavy atom. The van der Waals surface area contributed by atoms with Gasteiger partial charge in [0, 0.05) is 18.5 Å². The maximum Gasteiger partial charge on any atom is 0.238 e. The Kier molecular flexibility index (Phi) is 2.61. The molecule has 4 aliphatic rings. The number of nitrogens with zero attached hydrogens (tertiary/aromatic N) is 2. The summed E-state index contributed by atoms with van der Waals surface area (Å²) >= 11 is 0. The van der Waals surface area contributed by atoms with Crippen LogP contribution in [0.4, 0.5) is 5.69 Å². The molecular weight excluding hydrogens is 304 g/mol. The minimum Gasteiger partial charge on any atom is -0.299 e. The van der Waals surface area contributed by atoms with Crippen molar-refractivity contribution in [1.29, 1.82) is 0 Å². The smallest absolute Gasteiger partial charge is 0.238 e. The Morgan fingerprint density at radius 1 is 0.917 bits per heavy atom. The second-order valence-electron chi connectivity index (χ2n) is 6.66. The molecule has 2 heterocycles. The summed E-state index contributed by atoms with van der Waals surface area (Å²) in [5.41, 5.74) is 2.46. The van der Waals surface area contributed by atoms with Gasteiger partial charge in [0.2, 0.25) is 11.8 Å². The maximum absolute atomic E-state index is 13.0. The second kappa shape index (κ2) is 4.60. The number of rotatable bonds is 1. The number of Topliss-reactive ketones (excluding diaryl/α,β-unsaturated/α-hetero) is 1. The molecule has 0 spiro atoms. The van der Waals surface area contributed by atoms with Crippen LogP contribution in [0.1, 0.15) is 29.4 Å². The molecule has 2 bridgehead atoms. The number of ketones is 1. The van der Waals surface area contributed by atoms with Crippen molar-refractivity contribution in [1.82, 2.24) is 4.98 Å². The van der Waals surface area contributed by atoms with Crippen LogP contribution < -0.4 is 4.90 Å². The first-order chi connectivity index (χ1) is 11.7. The molecular formula is C19H14N2O3. The topological polar surface area (TPSA) is 67.3 Å². The molecule has 2 aromatic rings. The van der Waals surface area contributed by atoms with Crippen LogP contribution in [-0.2, 0) is 14.4 Å². The van der Waals surface area contributed by atoms with Gasteiger partial charge in [0.15, 0.2) is 0 Å². The molecule has 5 heteroatoms. The molecule has 2 fully saturated rings. The molecule has 0 N–H and O–H groups in total. The lowest BCUT2D eigenvalue weighted by Gasteiger charge is -2.43. The number of carbonyl (C=O) groups excluding carboxylic acids is 3. The van der Waals surface area contributed by atoms with Crippen LogP contribution in [0.2, 0.25) is 0 Å². The van der Waals surface area contributed by atoms with Gasteiger partial charge in [-0.1, -0.05) is 24.3 Å². The molecule has 0 unspecified atom stereocenters. The molecule has 118 valence electrons. The van der Waals surface area contributed by atoms with Gasteiger partial charge >= 0.3 is 0 Å². The first-order valence-corrected chi connectivity index (χ1v) is 8.08. The molecule has 0 radical (unpaired) electrons. The summed E-state index contributed by atoms with van der Waals surface area (Å²) in [7, 11) is 0. The van der Waals surface area contributed by atoms with E-state index < -0.39 is 17.8 Å². The van der Waals surface area contributed by atoms with Gasteiger partial charge in [-0.15, -0.1) is 0 Å². The summed E-state index contributed by atoms with van der Waals surface area (Å²) in [4.78, 5) is 43.8. The first kappa shape index (κ1) is 13.6. The zero-order chi connectivity index (χ0) is 16.4. The number of pyridine rings is 1. The lowest BCUT2D eigenvalue weighted by atomic mass is 9.56. The Labute approximate surface area is 138 Å². The average Bonchev–Trinajstić information content (AvgIpc) is 2.88. The van der Waals surface area contributed by atoms with E-state index >= 15 is 0 Å². The molecule has 1 saturated carbocycles. The second-order valence-corrected chi connectivity index (χ2v) is 6.66. The van der Waals surface area contributed by atoms with Gasteiger partial charge in [-0.25, -0.2) is 4.90 Å². The van der Waals surface area contributed by atoms with E-state index in [0.717, 1.165) is 11.1 Å². The third kappa shape index (κ3) is 1.54.